The van der Waals surface area contributed by atoms with Gasteiger partial charge < -0.3 is 25.1 Å². The molecule has 2 aromatic heterocycles. The van der Waals surface area contributed by atoms with Crippen LogP contribution in [0.4, 0.5) is 5.00 Å². The number of anilines is 1. The van der Waals surface area contributed by atoms with E-state index in [1.165, 1.54) is 18.9 Å². The van der Waals surface area contributed by atoms with E-state index in [9.17, 15) is 14.4 Å². The Morgan fingerprint density at radius 3 is 2.56 bits per heavy atom. The van der Waals surface area contributed by atoms with Crippen molar-refractivity contribution in [2.75, 3.05) is 18.2 Å². The molecule has 3 rings (SSSR count). The molecule has 10 nitrogen and oxygen atoms in total. The quantitative estimate of drug-likeness (QED) is 0.279. The number of carbonyl (C=O) groups excluding carboxylic acids is 3. The first-order valence-corrected chi connectivity index (χ1v) is 12.6. The maximum atomic E-state index is 12.6. The molecular formula is C21H22BrN5O5S2. The molecule has 0 radical (unpaired) electrons. The molecule has 180 valence electrons. The van der Waals surface area contributed by atoms with Gasteiger partial charge in [-0.15, -0.1) is 21.5 Å². The summed E-state index contributed by atoms with van der Waals surface area (Å²) in [4.78, 5) is 36.6. The fraction of sp³-hybridized carbons (Fsp3) is 0.286. The minimum Gasteiger partial charge on any atom is -0.486 e. The Morgan fingerprint density at radius 1 is 1.24 bits per heavy atom. The number of ether oxygens (including phenoxy) is 2. The maximum absolute atomic E-state index is 12.6. The lowest BCUT2D eigenvalue weighted by Crippen LogP contribution is -2.16. The van der Waals surface area contributed by atoms with Gasteiger partial charge in [-0.1, -0.05) is 27.7 Å². The van der Waals surface area contributed by atoms with Crippen LogP contribution in [0.15, 0.2) is 33.9 Å². The number of thioether (sulfide) groups is 1. The van der Waals surface area contributed by atoms with E-state index in [4.69, 9.17) is 15.2 Å². The van der Waals surface area contributed by atoms with Crippen molar-refractivity contribution in [2.45, 2.75) is 32.2 Å². The second-order valence-corrected chi connectivity index (χ2v) is 9.72. The number of amides is 2. The molecular weight excluding hydrogens is 546 g/mol. The molecule has 13 heteroatoms. The van der Waals surface area contributed by atoms with Crippen molar-refractivity contribution >= 4 is 61.8 Å². The Bertz CT molecular complexity index is 1210. The number of thiophene rings is 1. The molecule has 0 saturated carbocycles. The smallest absolute Gasteiger partial charge is 0.341 e. The van der Waals surface area contributed by atoms with Crippen molar-refractivity contribution in [3.63, 3.8) is 0 Å². The molecule has 0 unspecified atom stereocenters. The van der Waals surface area contributed by atoms with Gasteiger partial charge in [-0.3, -0.25) is 9.59 Å². The highest BCUT2D eigenvalue weighted by Crippen LogP contribution is 2.33. The van der Waals surface area contributed by atoms with Crippen LogP contribution in [-0.2, 0) is 22.7 Å². The summed E-state index contributed by atoms with van der Waals surface area (Å²) >= 11 is 5.51. The molecule has 1 aromatic carbocycles. The van der Waals surface area contributed by atoms with E-state index in [1.807, 2.05) is 35.8 Å². The topological polar surface area (TPSA) is 138 Å². The summed E-state index contributed by atoms with van der Waals surface area (Å²) < 4.78 is 13.4. The van der Waals surface area contributed by atoms with E-state index >= 15 is 0 Å². The molecule has 2 heterocycles. The third-order valence-electron chi connectivity index (χ3n) is 4.64. The summed E-state index contributed by atoms with van der Waals surface area (Å²) in [5, 5.41) is 11.8. The number of rotatable bonds is 10. The third kappa shape index (κ3) is 5.96. The van der Waals surface area contributed by atoms with Gasteiger partial charge in [0.2, 0.25) is 5.91 Å². The highest BCUT2D eigenvalue weighted by Gasteiger charge is 2.25. The number of nitrogens with one attached hydrogen (secondary N) is 1. The zero-order valence-electron chi connectivity index (χ0n) is 18.6. The number of halogens is 1. The fourth-order valence-electron chi connectivity index (χ4n) is 3.01. The van der Waals surface area contributed by atoms with Crippen molar-refractivity contribution < 1.29 is 23.9 Å². The lowest BCUT2D eigenvalue weighted by atomic mass is 10.1. The SMILES string of the molecule is CCn1c(COc2ccc(Br)cc2)nnc1SCC(=O)Nc1sc(C(N)=O)c(C)c1C(=O)OC. The first-order chi connectivity index (χ1) is 16.2. The molecule has 0 atom stereocenters. The van der Waals surface area contributed by atoms with Crippen molar-refractivity contribution in [3.05, 3.63) is 50.6 Å². The van der Waals surface area contributed by atoms with Crippen molar-refractivity contribution in [3.8, 4) is 5.75 Å². The highest BCUT2D eigenvalue weighted by molar-refractivity contribution is 9.10. The van der Waals surface area contributed by atoms with Crippen LogP contribution in [0.25, 0.3) is 0 Å². The van der Waals surface area contributed by atoms with Crippen LogP contribution in [-0.4, -0.2) is 45.4 Å². The van der Waals surface area contributed by atoms with Crippen LogP contribution in [0.3, 0.4) is 0 Å². The minimum atomic E-state index is -0.684. The molecule has 0 aliphatic heterocycles. The molecule has 0 fully saturated rings. The molecule has 0 aliphatic carbocycles. The second kappa shape index (κ2) is 11.5. The summed E-state index contributed by atoms with van der Waals surface area (Å²) in [7, 11) is 1.22. The second-order valence-electron chi connectivity index (χ2n) is 6.84. The number of hydrogen-bond donors (Lipinski definition) is 2. The number of nitrogens with zero attached hydrogens (tertiary/aromatic N) is 3. The molecule has 0 aliphatic rings. The number of nitrogens with two attached hydrogens (primary N) is 1. The third-order valence-corrected chi connectivity index (χ3v) is 7.35. The number of aromatic nitrogens is 3. The first-order valence-electron chi connectivity index (χ1n) is 9.99. The highest BCUT2D eigenvalue weighted by atomic mass is 79.9. The molecule has 34 heavy (non-hydrogen) atoms. The van der Waals surface area contributed by atoms with Crippen LogP contribution < -0.4 is 15.8 Å². The zero-order chi connectivity index (χ0) is 24.8. The number of methoxy groups -OCH3 is 1. The van der Waals surface area contributed by atoms with Crippen LogP contribution in [0.5, 0.6) is 5.75 Å². The molecule has 2 amide bonds. The zero-order valence-corrected chi connectivity index (χ0v) is 21.8. The number of benzene rings is 1. The van der Waals surface area contributed by atoms with Crippen molar-refractivity contribution in [2.24, 2.45) is 5.73 Å². The number of carbonyl (C=O) groups is 3. The van der Waals surface area contributed by atoms with E-state index < -0.39 is 11.9 Å². The average Bonchev–Trinajstić information content (AvgIpc) is 3.36. The predicted octanol–water partition coefficient (Wildman–Crippen LogP) is 3.63. The number of esters is 1. The Balaban J connectivity index is 1.66. The van der Waals surface area contributed by atoms with E-state index in [0.717, 1.165) is 15.8 Å². The standard InChI is InChI=1S/C21H22BrN5O5S2/c1-4-27-14(9-32-13-7-5-12(22)6-8-13)25-26-21(27)33-10-15(28)24-19-16(20(30)31-3)11(2)17(34-19)18(23)29/h5-8H,4,9-10H2,1-3H3,(H2,23,29)(H,24,28). The van der Waals surface area contributed by atoms with Gasteiger partial charge in [0.05, 0.1) is 23.3 Å². The Labute approximate surface area is 212 Å². The fourth-order valence-corrected chi connectivity index (χ4v) is 5.15. The van der Waals surface area contributed by atoms with Gasteiger partial charge in [0.25, 0.3) is 5.91 Å². The summed E-state index contributed by atoms with van der Waals surface area (Å²) in [5.41, 5.74) is 5.86. The summed E-state index contributed by atoms with van der Waals surface area (Å²) in [6, 6.07) is 7.45. The Morgan fingerprint density at radius 2 is 1.94 bits per heavy atom. The summed E-state index contributed by atoms with van der Waals surface area (Å²) in [6.45, 7) is 4.34. The van der Waals surface area contributed by atoms with Gasteiger partial charge in [-0.2, -0.15) is 0 Å². The van der Waals surface area contributed by atoms with E-state index in [-0.39, 0.29) is 33.7 Å². The summed E-state index contributed by atoms with van der Waals surface area (Å²) in [6.07, 6.45) is 0. The first kappa shape index (κ1) is 25.7. The molecule has 3 N–H and O–H groups in total. The van der Waals surface area contributed by atoms with Gasteiger partial charge in [0, 0.05) is 11.0 Å². The molecule has 0 bridgehead atoms. The van der Waals surface area contributed by atoms with Crippen LogP contribution >= 0.6 is 39.0 Å². The Kier molecular flexibility index (Phi) is 8.69. The van der Waals surface area contributed by atoms with Gasteiger partial charge in [-0.05, 0) is 43.7 Å². The van der Waals surface area contributed by atoms with Crippen LogP contribution in [0.1, 0.15) is 38.3 Å². The van der Waals surface area contributed by atoms with Gasteiger partial charge in [-0.25, -0.2) is 4.79 Å². The average molecular weight is 568 g/mol. The van der Waals surface area contributed by atoms with Crippen LogP contribution in [0.2, 0.25) is 0 Å². The van der Waals surface area contributed by atoms with E-state index in [2.05, 4.69) is 31.4 Å². The van der Waals surface area contributed by atoms with Gasteiger partial charge >= 0.3 is 5.97 Å². The lowest BCUT2D eigenvalue weighted by Gasteiger charge is -2.09. The van der Waals surface area contributed by atoms with Gasteiger partial charge in [0.1, 0.15) is 17.4 Å². The molecule has 3 aromatic rings. The van der Waals surface area contributed by atoms with Gasteiger partial charge in [0.15, 0.2) is 11.0 Å². The lowest BCUT2D eigenvalue weighted by molar-refractivity contribution is -0.113. The minimum absolute atomic E-state index is 0.00909. The van der Waals surface area contributed by atoms with E-state index in [1.54, 1.807) is 6.92 Å². The normalized spacial score (nSPS) is 10.7. The maximum Gasteiger partial charge on any atom is 0.341 e. The molecule has 0 saturated heterocycles. The van der Waals surface area contributed by atoms with Crippen LogP contribution in [0, 0.1) is 6.92 Å². The predicted molar refractivity (Wildman–Crippen MR) is 132 cm³/mol. The largest absolute Gasteiger partial charge is 0.486 e. The number of hydrogen-bond acceptors (Lipinski definition) is 9. The molecule has 0 spiro atoms. The van der Waals surface area contributed by atoms with Crippen molar-refractivity contribution in [1.29, 1.82) is 0 Å². The Hall–Kier alpha value is -2.90. The number of primary amides is 1. The summed E-state index contributed by atoms with van der Waals surface area (Å²) in [5.74, 6) is -0.394. The monoisotopic (exact) mass is 567 g/mol. The van der Waals surface area contributed by atoms with Crippen molar-refractivity contribution in [1.82, 2.24) is 14.8 Å². The van der Waals surface area contributed by atoms with E-state index in [0.29, 0.717) is 28.8 Å².